The second-order valence-electron chi connectivity index (χ2n) is 5.32. The van der Waals surface area contributed by atoms with E-state index in [1.807, 2.05) is 13.8 Å². The maximum atomic E-state index is 12.0. The molecule has 0 aliphatic heterocycles. The number of benzene rings is 1. The second kappa shape index (κ2) is 8.59. The lowest BCUT2D eigenvalue weighted by Crippen LogP contribution is -2.24. The lowest BCUT2D eigenvalue weighted by Gasteiger charge is -2.21. The molecule has 0 spiro atoms. The molecule has 130 valence electrons. The van der Waals surface area contributed by atoms with E-state index in [0.717, 1.165) is 0 Å². The number of carbonyl (C=O) groups excluding carboxylic acids is 1. The molecule has 1 aromatic carbocycles. The Morgan fingerprint density at radius 1 is 1.00 bits per heavy atom. The van der Waals surface area contributed by atoms with Crippen molar-refractivity contribution >= 4 is 5.97 Å². The Labute approximate surface area is 136 Å². The molecule has 1 rings (SSSR count). The fourth-order valence-corrected chi connectivity index (χ4v) is 1.73. The second-order valence-corrected chi connectivity index (χ2v) is 5.32. The highest BCUT2D eigenvalue weighted by molar-refractivity contribution is 5.90. The van der Waals surface area contributed by atoms with Crippen LogP contribution in [0, 0.1) is 0 Å². The van der Waals surface area contributed by atoms with E-state index in [4.69, 9.17) is 28.7 Å². The van der Waals surface area contributed by atoms with Crippen molar-refractivity contribution in [3.63, 3.8) is 0 Å². The van der Waals surface area contributed by atoms with E-state index >= 15 is 0 Å². The zero-order valence-electron chi connectivity index (χ0n) is 14.4. The van der Waals surface area contributed by atoms with Crippen LogP contribution < -0.4 is 14.2 Å². The summed E-state index contributed by atoms with van der Waals surface area (Å²) >= 11 is 0. The SMILES string of the molecule is COc1cc(C(=O)OOCCC(C)(C)OC)cc(OC)c1OC. The fraction of sp³-hybridized carbons (Fsp3) is 0.562. The highest BCUT2D eigenvalue weighted by Gasteiger charge is 2.20. The molecule has 0 atom stereocenters. The molecule has 0 aliphatic carbocycles. The Morgan fingerprint density at radius 2 is 1.57 bits per heavy atom. The first kappa shape index (κ1) is 19.1. The number of rotatable bonds is 9. The van der Waals surface area contributed by atoms with Crippen molar-refractivity contribution in [1.82, 2.24) is 0 Å². The molecule has 0 unspecified atom stereocenters. The van der Waals surface area contributed by atoms with E-state index in [2.05, 4.69) is 0 Å². The summed E-state index contributed by atoms with van der Waals surface area (Å²) in [5.74, 6) is 0.465. The van der Waals surface area contributed by atoms with Crippen LogP contribution >= 0.6 is 0 Å². The summed E-state index contributed by atoms with van der Waals surface area (Å²) in [7, 11) is 6.03. The van der Waals surface area contributed by atoms with Crippen LogP contribution in [0.2, 0.25) is 0 Å². The molecular formula is C16H24O7. The minimum Gasteiger partial charge on any atom is -0.493 e. The lowest BCUT2D eigenvalue weighted by molar-refractivity contribution is -0.247. The van der Waals surface area contributed by atoms with Crippen LogP contribution in [0.3, 0.4) is 0 Å². The van der Waals surface area contributed by atoms with E-state index in [0.29, 0.717) is 23.7 Å². The predicted molar refractivity (Wildman–Crippen MR) is 83.2 cm³/mol. The van der Waals surface area contributed by atoms with Gasteiger partial charge in [0.05, 0.1) is 39.1 Å². The Bertz CT molecular complexity index is 500. The monoisotopic (exact) mass is 328 g/mol. The summed E-state index contributed by atoms with van der Waals surface area (Å²) in [6.07, 6.45) is 0.575. The summed E-state index contributed by atoms with van der Waals surface area (Å²) in [5, 5.41) is 0. The molecule has 0 fully saturated rings. The topological polar surface area (TPSA) is 72.5 Å². The zero-order valence-corrected chi connectivity index (χ0v) is 14.4. The van der Waals surface area contributed by atoms with Crippen molar-refractivity contribution < 1.29 is 33.5 Å². The van der Waals surface area contributed by atoms with Gasteiger partial charge in [-0.1, -0.05) is 0 Å². The normalized spacial score (nSPS) is 11.0. The van der Waals surface area contributed by atoms with Crippen LogP contribution in [0.25, 0.3) is 0 Å². The van der Waals surface area contributed by atoms with Crippen LogP contribution in [0.4, 0.5) is 0 Å². The van der Waals surface area contributed by atoms with Crippen molar-refractivity contribution in [2.45, 2.75) is 25.9 Å². The Hall–Kier alpha value is -1.99. The third kappa shape index (κ3) is 5.30. The van der Waals surface area contributed by atoms with Crippen LogP contribution in [-0.4, -0.2) is 46.6 Å². The maximum Gasteiger partial charge on any atom is 0.373 e. The smallest absolute Gasteiger partial charge is 0.373 e. The molecule has 7 heteroatoms. The quantitative estimate of drug-likeness (QED) is 0.392. The first-order chi connectivity index (χ1) is 10.9. The van der Waals surface area contributed by atoms with E-state index in [1.165, 1.54) is 33.5 Å². The van der Waals surface area contributed by atoms with Gasteiger partial charge in [-0.3, -0.25) is 4.89 Å². The minimum absolute atomic E-state index is 0.219. The zero-order chi connectivity index (χ0) is 17.5. The Balaban J connectivity index is 2.73. The lowest BCUT2D eigenvalue weighted by atomic mass is 10.1. The van der Waals surface area contributed by atoms with Crippen molar-refractivity contribution in [2.24, 2.45) is 0 Å². The highest BCUT2D eigenvalue weighted by atomic mass is 17.2. The number of methoxy groups -OCH3 is 4. The van der Waals surface area contributed by atoms with E-state index in [-0.39, 0.29) is 17.8 Å². The van der Waals surface area contributed by atoms with Gasteiger partial charge in [0, 0.05) is 13.5 Å². The number of carbonyl (C=O) groups is 1. The van der Waals surface area contributed by atoms with Gasteiger partial charge in [0.1, 0.15) is 0 Å². The molecule has 0 bridgehead atoms. The summed E-state index contributed by atoms with van der Waals surface area (Å²) in [6.45, 7) is 4.05. The summed E-state index contributed by atoms with van der Waals surface area (Å²) < 4.78 is 20.8. The van der Waals surface area contributed by atoms with Crippen LogP contribution in [-0.2, 0) is 14.5 Å². The van der Waals surface area contributed by atoms with Gasteiger partial charge in [-0.05, 0) is 26.0 Å². The molecule has 0 N–H and O–H groups in total. The van der Waals surface area contributed by atoms with Gasteiger partial charge in [0.25, 0.3) is 0 Å². The van der Waals surface area contributed by atoms with Gasteiger partial charge in [0.15, 0.2) is 11.5 Å². The van der Waals surface area contributed by atoms with Crippen LogP contribution in [0.15, 0.2) is 12.1 Å². The highest BCUT2D eigenvalue weighted by Crippen LogP contribution is 2.38. The molecular weight excluding hydrogens is 304 g/mol. The summed E-state index contributed by atoms with van der Waals surface area (Å²) in [6, 6.07) is 2.98. The molecule has 23 heavy (non-hydrogen) atoms. The van der Waals surface area contributed by atoms with Gasteiger partial charge >= 0.3 is 5.97 Å². The molecule has 0 radical (unpaired) electrons. The van der Waals surface area contributed by atoms with E-state index in [1.54, 1.807) is 7.11 Å². The molecule has 0 aliphatic rings. The van der Waals surface area contributed by atoms with Gasteiger partial charge in [0.2, 0.25) is 5.75 Å². The molecule has 1 aromatic rings. The van der Waals surface area contributed by atoms with E-state index in [9.17, 15) is 4.79 Å². The van der Waals surface area contributed by atoms with Gasteiger partial charge in [-0.2, -0.15) is 4.89 Å². The average molecular weight is 328 g/mol. The van der Waals surface area contributed by atoms with Gasteiger partial charge in [-0.25, -0.2) is 4.79 Å². The van der Waals surface area contributed by atoms with Gasteiger partial charge in [-0.15, -0.1) is 0 Å². The van der Waals surface area contributed by atoms with E-state index < -0.39 is 5.97 Å². The van der Waals surface area contributed by atoms with Gasteiger partial charge < -0.3 is 18.9 Å². The van der Waals surface area contributed by atoms with Crippen LogP contribution in [0.1, 0.15) is 30.6 Å². The van der Waals surface area contributed by atoms with Crippen molar-refractivity contribution in [1.29, 1.82) is 0 Å². The molecule has 0 saturated carbocycles. The average Bonchev–Trinajstić information content (AvgIpc) is 2.56. The minimum atomic E-state index is -0.653. The predicted octanol–water partition coefficient (Wildman–Crippen LogP) is 2.62. The van der Waals surface area contributed by atoms with Crippen molar-refractivity contribution in [2.75, 3.05) is 35.0 Å². The number of hydrogen-bond acceptors (Lipinski definition) is 7. The number of hydrogen-bond donors (Lipinski definition) is 0. The molecule has 0 amide bonds. The third-order valence-corrected chi connectivity index (χ3v) is 3.38. The first-order valence-electron chi connectivity index (χ1n) is 7.07. The third-order valence-electron chi connectivity index (χ3n) is 3.38. The fourth-order valence-electron chi connectivity index (χ4n) is 1.73. The van der Waals surface area contributed by atoms with Crippen molar-refractivity contribution in [3.8, 4) is 17.2 Å². The molecule has 0 aromatic heterocycles. The Kier molecular flexibility index (Phi) is 7.12. The molecule has 0 saturated heterocycles. The maximum absolute atomic E-state index is 12.0. The first-order valence-corrected chi connectivity index (χ1v) is 7.07. The Morgan fingerprint density at radius 3 is 2.00 bits per heavy atom. The summed E-state index contributed by atoms with van der Waals surface area (Å²) in [4.78, 5) is 21.8. The number of ether oxygens (including phenoxy) is 4. The standard InChI is InChI=1S/C16H24O7/c1-16(2,21-6)7-8-22-23-15(17)11-9-12(18-3)14(20-5)13(10-11)19-4/h9-10H,7-8H2,1-6H3. The largest absolute Gasteiger partial charge is 0.493 e. The van der Waals surface area contributed by atoms with Crippen LogP contribution in [0.5, 0.6) is 17.2 Å². The van der Waals surface area contributed by atoms with Crippen molar-refractivity contribution in [3.05, 3.63) is 17.7 Å². The molecule has 0 heterocycles. The molecule has 7 nitrogen and oxygen atoms in total. The summed E-state index contributed by atoms with van der Waals surface area (Å²) in [5.41, 5.74) is -0.121.